The van der Waals surface area contributed by atoms with Crippen LogP contribution in [0.15, 0.2) is 43.1 Å². The smallest absolute Gasteiger partial charge is 0.411 e. The van der Waals surface area contributed by atoms with E-state index in [4.69, 9.17) is 25.8 Å². The van der Waals surface area contributed by atoms with Gasteiger partial charge in [0.2, 0.25) is 5.91 Å². The van der Waals surface area contributed by atoms with Crippen molar-refractivity contribution in [2.75, 3.05) is 13.2 Å². The first-order valence-electron chi connectivity index (χ1n) is 12.3. The molecule has 4 rings (SSSR count). The summed E-state index contributed by atoms with van der Waals surface area (Å²) < 4.78 is 17.1. The van der Waals surface area contributed by atoms with E-state index in [0.29, 0.717) is 22.7 Å². The Bertz CT molecular complexity index is 1230. The number of hydrogen-bond donors (Lipinski definition) is 1. The van der Waals surface area contributed by atoms with E-state index in [1.54, 1.807) is 58.2 Å². The summed E-state index contributed by atoms with van der Waals surface area (Å²) in [6.45, 7) is 11.1. The molecule has 1 saturated heterocycles. The summed E-state index contributed by atoms with van der Waals surface area (Å²) in [6.07, 6.45) is 2.71. The fraction of sp³-hybridized carbons (Fsp3) is 0.481. The van der Waals surface area contributed by atoms with E-state index in [1.807, 2.05) is 6.07 Å². The van der Waals surface area contributed by atoms with E-state index >= 15 is 0 Å². The molecule has 2 amide bonds. The molecule has 2 heterocycles. The number of rotatable bonds is 7. The molecule has 1 aromatic heterocycles. The summed E-state index contributed by atoms with van der Waals surface area (Å²) in [5, 5.41) is 4.16. The van der Waals surface area contributed by atoms with Crippen LogP contribution in [0.5, 0.6) is 5.75 Å². The minimum atomic E-state index is -1.17. The molecule has 198 valence electrons. The molecule has 2 fully saturated rings. The van der Waals surface area contributed by atoms with Gasteiger partial charge >= 0.3 is 12.1 Å². The van der Waals surface area contributed by atoms with Crippen LogP contribution in [0, 0.1) is 5.92 Å². The number of carbonyl (C=O) groups is 3. The predicted octanol–water partition coefficient (Wildman–Crippen LogP) is 4.27. The third kappa shape index (κ3) is 5.66. The van der Waals surface area contributed by atoms with Crippen LogP contribution in [0.2, 0.25) is 5.02 Å². The van der Waals surface area contributed by atoms with Crippen LogP contribution in [-0.2, 0) is 19.1 Å². The Kier molecular flexibility index (Phi) is 7.37. The summed E-state index contributed by atoms with van der Waals surface area (Å²) in [5.41, 5.74) is -1.26. The molecule has 0 bridgehead atoms. The number of nitrogens with one attached hydrogen (secondary N) is 1. The Balaban J connectivity index is 1.57. The first-order valence-corrected chi connectivity index (χ1v) is 12.7. The number of likely N-dealkylation sites (tertiary alicyclic amines) is 1. The van der Waals surface area contributed by atoms with E-state index in [0.717, 1.165) is 5.39 Å². The minimum Gasteiger partial charge on any atom is -0.488 e. The summed E-state index contributed by atoms with van der Waals surface area (Å²) in [5.74, 6) is -0.659. The lowest BCUT2D eigenvalue weighted by atomic mass is 10.1. The van der Waals surface area contributed by atoms with Crippen molar-refractivity contribution in [2.45, 2.75) is 63.8 Å². The third-order valence-electron chi connectivity index (χ3n) is 6.44. The highest BCUT2D eigenvalue weighted by molar-refractivity contribution is 6.31. The average Bonchev–Trinajstić information content (AvgIpc) is 3.37. The van der Waals surface area contributed by atoms with Crippen molar-refractivity contribution in [1.29, 1.82) is 0 Å². The van der Waals surface area contributed by atoms with Crippen molar-refractivity contribution < 1.29 is 28.6 Å². The SMILES string of the molecule is C=C[C@H]1CC1(NC(=O)[C@@H]1C[C@@H](Oc2ccnc3cc(Cl)ccc23)CN1C(=O)OC(C)(C)C)C(=O)OCC. The Morgan fingerprint density at radius 1 is 1.30 bits per heavy atom. The second-order valence-electron chi connectivity index (χ2n) is 10.3. The fourth-order valence-corrected chi connectivity index (χ4v) is 4.76. The molecule has 1 saturated carbocycles. The van der Waals surface area contributed by atoms with Crippen molar-refractivity contribution in [3.8, 4) is 5.75 Å². The van der Waals surface area contributed by atoms with Gasteiger partial charge in [0.25, 0.3) is 0 Å². The van der Waals surface area contributed by atoms with Crippen LogP contribution in [0.3, 0.4) is 0 Å². The number of pyridine rings is 1. The molecule has 1 aromatic carbocycles. The monoisotopic (exact) mass is 529 g/mol. The maximum Gasteiger partial charge on any atom is 0.411 e. The van der Waals surface area contributed by atoms with Crippen molar-refractivity contribution in [1.82, 2.24) is 15.2 Å². The molecule has 0 spiro atoms. The second kappa shape index (κ2) is 10.2. The van der Waals surface area contributed by atoms with E-state index in [1.165, 1.54) is 4.90 Å². The van der Waals surface area contributed by atoms with Gasteiger partial charge in [-0.25, -0.2) is 9.59 Å². The number of halogens is 1. The van der Waals surface area contributed by atoms with Crippen LogP contribution in [-0.4, -0.2) is 64.3 Å². The van der Waals surface area contributed by atoms with Gasteiger partial charge in [-0.3, -0.25) is 14.7 Å². The first kappa shape index (κ1) is 26.7. The number of aromatic nitrogens is 1. The highest BCUT2D eigenvalue weighted by Gasteiger charge is 2.62. The molecule has 1 aliphatic heterocycles. The summed E-state index contributed by atoms with van der Waals surface area (Å²) in [6, 6.07) is 6.13. The zero-order valence-electron chi connectivity index (χ0n) is 21.5. The number of esters is 1. The largest absolute Gasteiger partial charge is 0.488 e. The normalized spacial score (nSPS) is 24.9. The summed E-state index contributed by atoms with van der Waals surface area (Å²) in [7, 11) is 0. The molecule has 1 N–H and O–H groups in total. The zero-order chi connectivity index (χ0) is 27.0. The van der Waals surface area contributed by atoms with Crippen molar-refractivity contribution in [3.63, 3.8) is 0 Å². The van der Waals surface area contributed by atoms with Crippen molar-refractivity contribution in [2.24, 2.45) is 5.92 Å². The lowest BCUT2D eigenvalue weighted by molar-refractivity contribution is -0.149. The lowest BCUT2D eigenvalue weighted by Gasteiger charge is -2.28. The minimum absolute atomic E-state index is 0.127. The Morgan fingerprint density at radius 2 is 2.05 bits per heavy atom. The van der Waals surface area contributed by atoms with Crippen LogP contribution in [0.1, 0.15) is 40.5 Å². The van der Waals surface area contributed by atoms with E-state index in [2.05, 4.69) is 16.9 Å². The van der Waals surface area contributed by atoms with Gasteiger partial charge in [-0.2, -0.15) is 0 Å². The maximum absolute atomic E-state index is 13.5. The standard InChI is InChI=1S/C27H32ClN3O6/c1-6-16-14-27(16,24(33)35-7-2)30-23(32)21-13-18(15-31(21)25(34)37-26(3,4)5)36-22-10-11-29-20-12-17(28)8-9-19(20)22/h6,8-12,16,18,21H,1,7,13-15H2,2-5H3,(H,30,32)/t16-,18+,21-,27?/m0/s1. The van der Waals surface area contributed by atoms with Gasteiger partial charge in [0.15, 0.2) is 0 Å². The van der Waals surface area contributed by atoms with Gasteiger partial charge in [-0.15, -0.1) is 6.58 Å². The average molecular weight is 530 g/mol. The number of carbonyl (C=O) groups excluding carboxylic acids is 3. The second-order valence-corrected chi connectivity index (χ2v) is 10.8. The third-order valence-corrected chi connectivity index (χ3v) is 6.67. The molecule has 37 heavy (non-hydrogen) atoms. The van der Waals surface area contributed by atoms with Crippen LogP contribution in [0.4, 0.5) is 4.79 Å². The van der Waals surface area contributed by atoms with Gasteiger partial charge in [0, 0.05) is 28.9 Å². The molecule has 2 aromatic rings. The molecule has 2 aliphatic rings. The molecule has 4 atom stereocenters. The Morgan fingerprint density at radius 3 is 2.70 bits per heavy atom. The van der Waals surface area contributed by atoms with E-state index in [-0.39, 0.29) is 25.5 Å². The fourth-order valence-electron chi connectivity index (χ4n) is 4.60. The summed E-state index contributed by atoms with van der Waals surface area (Å²) >= 11 is 6.10. The quantitative estimate of drug-likeness (QED) is 0.421. The topological polar surface area (TPSA) is 107 Å². The predicted molar refractivity (Wildman–Crippen MR) is 138 cm³/mol. The van der Waals surface area contributed by atoms with Gasteiger partial charge in [0.05, 0.1) is 18.7 Å². The number of amides is 2. The number of benzene rings is 1. The molecule has 9 nitrogen and oxygen atoms in total. The molecular formula is C27H32ClN3O6. The zero-order valence-corrected chi connectivity index (χ0v) is 22.2. The Labute approximate surface area is 221 Å². The number of fused-ring (bicyclic) bond motifs is 1. The van der Waals surface area contributed by atoms with E-state index in [9.17, 15) is 14.4 Å². The van der Waals surface area contributed by atoms with Gasteiger partial charge in [0.1, 0.15) is 29.0 Å². The lowest BCUT2D eigenvalue weighted by Crippen LogP contribution is -2.53. The molecular weight excluding hydrogens is 498 g/mol. The maximum atomic E-state index is 13.5. The number of ether oxygens (including phenoxy) is 3. The van der Waals surface area contributed by atoms with Gasteiger partial charge in [-0.1, -0.05) is 17.7 Å². The Hall–Kier alpha value is -3.33. The van der Waals surface area contributed by atoms with Crippen molar-refractivity contribution in [3.05, 3.63) is 48.1 Å². The van der Waals surface area contributed by atoms with Crippen LogP contribution < -0.4 is 10.1 Å². The van der Waals surface area contributed by atoms with E-state index < -0.39 is 41.3 Å². The van der Waals surface area contributed by atoms with Gasteiger partial charge < -0.3 is 19.5 Å². The first-order chi connectivity index (χ1) is 17.5. The number of hydrogen-bond acceptors (Lipinski definition) is 7. The molecule has 1 unspecified atom stereocenters. The molecule has 10 heteroatoms. The highest BCUT2D eigenvalue weighted by Crippen LogP contribution is 2.45. The molecule has 1 aliphatic carbocycles. The highest BCUT2D eigenvalue weighted by atomic mass is 35.5. The number of nitrogens with zero attached hydrogens (tertiary/aromatic N) is 2. The van der Waals surface area contributed by atoms with Gasteiger partial charge in [-0.05, 0) is 58.4 Å². The summed E-state index contributed by atoms with van der Waals surface area (Å²) in [4.78, 5) is 45.0. The van der Waals surface area contributed by atoms with Crippen LogP contribution in [0.25, 0.3) is 10.9 Å². The van der Waals surface area contributed by atoms with Crippen molar-refractivity contribution >= 4 is 40.5 Å². The van der Waals surface area contributed by atoms with Crippen LogP contribution >= 0.6 is 11.6 Å². The molecule has 0 radical (unpaired) electrons.